The van der Waals surface area contributed by atoms with E-state index in [0.717, 1.165) is 70.7 Å². The molecule has 1 amide bonds. The molecule has 218 valence electrons. The molecular formula is C31H36N8O2S. The number of carbonyl (C=O) groups excluding carboxylic acids is 1. The summed E-state index contributed by atoms with van der Waals surface area (Å²) in [5, 5.41) is 4.25. The topological polar surface area (TPSA) is 99.6 Å². The summed E-state index contributed by atoms with van der Waals surface area (Å²) in [6.45, 7) is 8.80. The van der Waals surface area contributed by atoms with Gasteiger partial charge in [0.1, 0.15) is 16.6 Å². The number of carbonyl (C=O) groups is 1. The highest BCUT2D eigenvalue weighted by Crippen LogP contribution is 2.34. The number of amides is 1. The second-order valence-corrected chi connectivity index (χ2v) is 12.5. The number of hydrogen-bond acceptors (Lipinski definition) is 10. The van der Waals surface area contributed by atoms with Crippen LogP contribution in [-0.2, 0) is 4.74 Å². The van der Waals surface area contributed by atoms with Gasteiger partial charge in [0.05, 0.1) is 10.2 Å². The Balaban J connectivity index is 1.09. The third kappa shape index (κ3) is 5.21. The number of ether oxygens (including phenoxy) is 1. The van der Waals surface area contributed by atoms with Crippen molar-refractivity contribution in [3.05, 3.63) is 53.9 Å². The SMILES string of the molecule is CCN1C[C@@H]2C[C@H]1CN2c1nc(C)cc(Nc2cc3nc(-c4cccc(C(=O)N(C)C5CCOCC5)c4)sc3cn2)n1. The number of rotatable bonds is 7. The van der Waals surface area contributed by atoms with Crippen molar-refractivity contribution in [3.8, 4) is 10.6 Å². The molecule has 1 aromatic carbocycles. The Labute approximate surface area is 249 Å². The zero-order chi connectivity index (χ0) is 28.8. The minimum absolute atomic E-state index is 0.0296. The van der Waals surface area contributed by atoms with Gasteiger partial charge in [0.15, 0.2) is 0 Å². The molecule has 10 nitrogen and oxygen atoms in total. The molecule has 3 aliphatic rings. The van der Waals surface area contributed by atoms with Gasteiger partial charge in [-0.15, -0.1) is 11.3 Å². The Bertz CT molecular complexity index is 1620. The molecule has 42 heavy (non-hydrogen) atoms. The number of anilines is 3. The van der Waals surface area contributed by atoms with Crippen LogP contribution in [0.3, 0.4) is 0 Å². The molecule has 0 radical (unpaired) electrons. The molecule has 3 aromatic heterocycles. The predicted molar refractivity (Wildman–Crippen MR) is 166 cm³/mol. The van der Waals surface area contributed by atoms with Gasteiger partial charge in [0, 0.05) is 86.6 Å². The summed E-state index contributed by atoms with van der Waals surface area (Å²) in [7, 11) is 1.89. The minimum atomic E-state index is 0.0296. The summed E-state index contributed by atoms with van der Waals surface area (Å²) < 4.78 is 6.45. The van der Waals surface area contributed by atoms with E-state index >= 15 is 0 Å². The Hall–Kier alpha value is -3.67. The average molecular weight is 585 g/mol. The predicted octanol–water partition coefficient (Wildman–Crippen LogP) is 4.73. The van der Waals surface area contributed by atoms with Gasteiger partial charge in [-0.1, -0.05) is 19.1 Å². The maximum Gasteiger partial charge on any atom is 0.253 e. The number of hydrogen-bond donors (Lipinski definition) is 1. The van der Waals surface area contributed by atoms with Crippen LogP contribution in [0, 0.1) is 6.92 Å². The second-order valence-electron chi connectivity index (χ2n) is 11.5. The second kappa shape index (κ2) is 11.2. The van der Waals surface area contributed by atoms with Crippen molar-refractivity contribution >= 4 is 45.0 Å². The molecule has 1 N–H and O–H groups in total. The lowest BCUT2D eigenvalue weighted by atomic mass is 10.1. The number of likely N-dealkylation sites (N-methyl/N-ethyl adjacent to an activating group) is 1. The quantitative estimate of drug-likeness (QED) is 0.330. The van der Waals surface area contributed by atoms with E-state index in [0.29, 0.717) is 36.7 Å². The van der Waals surface area contributed by atoms with E-state index < -0.39 is 0 Å². The number of thiazole rings is 1. The van der Waals surface area contributed by atoms with Crippen LogP contribution in [0.5, 0.6) is 0 Å². The zero-order valence-corrected chi connectivity index (χ0v) is 25.1. The molecule has 3 aliphatic heterocycles. The van der Waals surface area contributed by atoms with Gasteiger partial charge in [0.25, 0.3) is 5.91 Å². The van der Waals surface area contributed by atoms with Crippen LogP contribution in [0.4, 0.5) is 17.6 Å². The van der Waals surface area contributed by atoms with E-state index in [4.69, 9.17) is 19.7 Å². The van der Waals surface area contributed by atoms with Crippen molar-refractivity contribution in [2.75, 3.05) is 50.1 Å². The van der Waals surface area contributed by atoms with Gasteiger partial charge in [-0.05, 0) is 44.9 Å². The number of likely N-dealkylation sites (tertiary alicyclic amines) is 1. The number of aryl methyl sites for hydroxylation is 1. The van der Waals surface area contributed by atoms with Crippen molar-refractivity contribution in [1.82, 2.24) is 29.7 Å². The molecule has 2 bridgehead atoms. The maximum absolute atomic E-state index is 13.2. The zero-order valence-electron chi connectivity index (χ0n) is 24.3. The van der Waals surface area contributed by atoms with Crippen LogP contribution < -0.4 is 10.2 Å². The van der Waals surface area contributed by atoms with Crippen molar-refractivity contribution < 1.29 is 9.53 Å². The summed E-state index contributed by atoms with van der Waals surface area (Å²) in [5.41, 5.74) is 3.37. The van der Waals surface area contributed by atoms with Crippen LogP contribution in [0.15, 0.2) is 42.6 Å². The van der Waals surface area contributed by atoms with E-state index in [1.165, 1.54) is 6.42 Å². The highest BCUT2D eigenvalue weighted by Gasteiger charge is 2.43. The molecule has 2 atom stereocenters. The van der Waals surface area contributed by atoms with Crippen LogP contribution in [0.25, 0.3) is 20.8 Å². The first-order chi connectivity index (χ1) is 20.4. The van der Waals surface area contributed by atoms with Gasteiger partial charge in [-0.25, -0.2) is 15.0 Å². The van der Waals surface area contributed by atoms with E-state index in [9.17, 15) is 4.79 Å². The number of nitrogens with zero attached hydrogens (tertiary/aromatic N) is 7. The van der Waals surface area contributed by atoms with Gasteiger partial charge in [-0.2, -0.15) is 4.98 Å². The molecule has 7 rings (SSSR count). The van der Waals surface area contributed by atoms with Gasteiger partial charge < -0.3 is 19.9 Å². The Morgan fingerprint density at radius 1 is 1.10 bits per heavy atom. The third-order valence-corrected chi connectivity index (χ3v) is 9.86. The maximum atomic E-state index is 13.2. The first kappa shape index (κ1) is 27.2. The summed E-state index contributed by atoms with van der Waals surface area (Å²) in [5.74, 6) is 2.23. The molecule has 0 aliphatic carbocycles. The van der Waals surface area contributed by atoms with Gasteiger partial charge >= 0.3 is 0 Å². The van der Waals surface area contributed by atoms with Crippen molar-refractivity contribution in [1.29, 1.82) is 0 Å². The summed E-state index contributed by atoms with van der Waals surface area (Å²) in [4.78, 5) is 39.2. The summed E-state index contributed by atoms with van der Waals surface area (Å²) in [6.07, 6.45) is 4.77. The highest BCUT2D eigenvalue weighted by atomic mass is 32.1. The molecular weight excluding hydrogens is 548 g/mol. The Morgan fingerprint density at radius 3 is 2.74 bits per heavy atom. The van der Waals surface area contributed by atoms with E-state index in [1.807, 2.05) is 61.5 Å². The smallest absolute Gasteiger partial charge is 0.253 e. The van der Waals surface area contributed by atoms with Crippen molar-refractivity contribution in [2.45, 2.75) is 51.2 Å². The third-order valence-electron chi connectivity index (χ3n) is 8.81. The largest absolute Gasteiger partial charge is 0.381 e. The van der Waals surface area contributed by atoms with Crippen molar-refractivity contribution in [3.63, 3.8) is 0 Å². The van der Waals surface area contributed by atoms with Crippen LogP contribution in [0.1, 0.15) is 42.2 Å². The first-order valence-corrected chi connectivity index (χ1v) is 15.6. The molecule has 11 heteroatoms. The number of benzene rings is 1. The first-order valence-electron chi connectivity index (χ1n) is 14.8. The molecule has 4 aromatic rings. The molecule has 0 unspecified atom stereocenters. The van der Waals surface area contributed by atoms with E-state index in [-0.39, 0.29) is 11.9 Å². The lowest BCUT2D eigenvalue weighted by molar-refractivity contribution is 0.0362. The van der Waals surface area contributed by atoms with Crippen LogP contribution in [0.2, 0.25) is 0 Å². The molecule has 6 heterocycles. The summed E-state index contributed by atoms with van der Waals surface area (Å²) >= 11 is 1.57. The fourth-order valence-corrected chi connectivity index (χ4v) is 7.42. The molecule has 3 fully saturated rings. The monoisotopic (exact) mass is 584 g/mol. The lowest BCUT2D eigenvalue weighted by Crippen LogP contribution is -2.46. The van der Waals surface area contributed by atoms with Crippen LogP contribution >= 0.6 is 11.3 Å². The number of nitrogens with one attached hydrogen (secondary N) is 1. The Kier molecular flexibility index (Phi) is 7.25. The molecule has 0 saturated carbocycles. The minimum Gasteiger partial charge on any atom is -0.381 e. The van der Waals surface area contributed by atoms with Gasteiger partial charge in [0.2, 0.25) is 5.95 Å². The fraction of sp³-hybridized carbons (Fsp3) is 0.452. The van der Waals surface area contributed by atoms with Crippen LogP contribution in [-0.4, -0.2) is 93.7 Å². The van der Waals surface area contributed by atoms with Crippen molar-refractivity contribution in [2.24, 2.45) is 0 Å². The Morgan fingerprint density at radius 2 is 1.95 bits per heavy atom. The number of aromatic nitrogens is 4. The average Bonchev–Trinajstić information content (AvgIpc) is 3.75. The fourth-order valence-electron chi connectivity index (χ4n) is 6.51. The highest BCUT2D eigenvalue weighted by molar-refractivity contribution is 7.21. The molecule has 0 spiro atoms. The normalized spacial score (nSPS) is 20.9. The van der Waals surface area contributed by atoms with Gasteiger partial charge in [-0.3, -0.25) is 9.69 Å². The number of piperazine rings is 1. The van der Waals surface area contributed by atoms with E-state index in [1.54, 1.807) is 11.3 Å². The standard InChI is InChI=1S/C31H36N8O2S/c1-4-38-17-24-14-23(38)18-39(24)31-33-19(2)12-28(36-31)35-27-15-25-26(16-32-27)42-29(34-25)20-6-5-7-21(13-20)30(40)37(3)22-8-10-41-11-9-22/h5-7,12-13,15-16,22-24H,4,8-11,14,17-18H2,1-3H3,(H,32,33,35,36)/t23-,24-/m0/s1. The lowest BCUT2D eigenvalue weighted by Gasteiger charge is -2.33. The number of pyridine rings is 1. The molecule has 3 saturated heterocycles. The number of fused-ring (bicyclic) bond motifs is 3. The summed E-state index contributed by atoms with van der Waals surface area (Å²) in [6, 6.07) is 12.9. The van der Waals surface area contributed by atoms with E-state index in [2.05, 4.69) is 27.0 Å².